The molecule has 1 amide bonds. The molecule has 0 aliphatic heterocycles. The van der Waals surface area contributed by atoms with E-state index in [1.165, 1.54) is 29.0 Å². The lowest BCUT2D eigenvalue weighted by Crippen LogP contribution is -2.31. The van der Waals surface area contributed by atoms with Crippen molar-refractivity contribution in [3.05, 3.63) is 76.4 Å². The number of sulfonamides is 1. The third kappa shape index (κ3) is 6.00. The fourth-order valence-electron chi connectivity index (χ4n) is 4.14. The van der Waals surface area contributed by atoms with Crippen molar-refractivity contribution in [2.75, 3.05) is 17.1 Å². The number of para-hydroxylation sites is 1. The van der Waals surface area contributed by atoms with Gasteiger partial charge in [-0.15, -0.1) is 0 Å². The van der Waals surface area contributed by atoms with Gasteiger partial charge < -0.3 is 5.32 Å². The Hall–Kier alpha value is -2.60. The number of carbonyl (C=O) groups is 1. The summed E-state index contributed by atoms with van der Waals surface area (Å²) < 4.78 is 26.9. The highest BCUT2D eigenvalue weighted by atomic mass is 32.2. The summed E-state index contributed by atoms with van der Waals surface area (Å²) in [5.74, 6) is 0.0866. The molecule has 0 radical (unpaired) electrons. The molecule has 6 heteroatoms. The van der Waals surface area contributed by atoms with Gasteiger partial charge in [-0.3, -0.25) is 9.10 Å². The predicted molar refractivity (Wildman–Crippen MR) is 132 cm³/mol. The second-order valence-corrected chi connectivity index (χ2v) is 10.8. The maximum Gasteiger partial charge on any atom is 0.251 e. The second-order valence-electron chi connectivity index (χ2n) is 8.92. The van der Waals surface area contributed by atoms with Crippen LogP contribution in [-0.4, -0.2) is 27.1 Å². The molecule has 5 nitrogen and oxygen atoms in total. The Labute approximate surface area is 192 Å². The summed E-state index contributed by atoms with van der Waals surface area (Å²) in [6.45, 7) is 6.88. The van der Waals surface area contributed by atoms with Gasteiger partial charge in [0.15, 0.2) is 0 Å². The molecular formula is C26H34N2O3S. The zero-order valence-electron chi connectivity index (χ0n) is 19.5. The van der Waals surface area contributed by atoms with E-state index in [1.54, 1.807) is 12.1 Å². The van der Waals surface area contributed by atoms with Crippen LogP contribution in [0.4, 0.5) is 5.69 Å². The van der Waals surface area contributed by atoms with E-state index < -0.39 is 10.0 Å². The van der Waals surface area contributed by atoms with E-state index in [0.29, 0.717) is 12.1 Å². The minimum Gasteiger partial charge on any atom is -0.348 e. The molecule has 1 aliphatic carbocycles. The van der Waals surface area contributed by atoms with Crippen LogP contribution in [0.2, 0.25) is 0 Å². The summed E-state index contributed by atoms with van der Waals surface area (Å²) in [5.41, 5.74) is 5.38. The third-order valence-corrected chi connectivity index (χ3v) is 7.06. The Morgan fingerprint density at radius 1 is 1.09 bits per heavy atom. The Bertz CT molecular complexity index is 1090. The van der Waals surface area contributed by atoms with Gasteiger partial charge in [-0.25, -0.2) is 8.42 Å². The van der Waals surface area contributed by atoms with Crippen LogP contribution in [0.5, 0.6) is 0 Å². The lowest BCUT2D eigenvalue weighted by Gasteiger charge is -2.28. The van der Waals surface area contributed by atoms with Gasteiger partial charge in [-0.05, 0) is 67.3 Å². The fourth-order valence-corrected chi connectivity index (χ4v) is 5.10. The minimum absolute atomic E-state index is 0.107. The average Bonchev–Trinajstić information content (AvgIpc) is 2.76. The minimum atomic E-state index is -3.49. The summed E-state index contributed by atoms with van der Waals surface area (Å²) in [4.78, 5) is 12.5. The lowest BCUT2D eigenvalue weighted by molar-refractivity contribution is 0.0956. The highest BCUT2D eigenvalue weighted by molar-refractivity contribution is 7.92. The molecule has 0 spiro atoms. The third-order valence-electron chi connectivity index (χ3n) is 5.94. The highest BCUT2D eigenvalue weighted by Gasteiger charge is 2.23. The Morgan fingerprint density at radius 3 is 2.41 bits per heavy atom. The number of allylic oxidation sites excluding steroid dienone is 1. The Kier molecular flexibility index (Phi) is 7.77. The van der Waals surface area contributed by atoms with Crippen LogP contribution in [-0.2, 0) is 16.6 Å². The molecule has 0 saturated heterocycles. The zero-order chi connectivity index (χ0) is 23.3. The van der Waals surface area contributed by atoms with Crippen molar-refractivity contribution >= 4 is 21.6 Å². The second kappa shape index (κ2) is 10.3. The largest absolute Gasteiger partial charge is 0.348 e. The fraction of sp³-hybridized carbons (Fsp3) is 0.423. The molecule has 0 saturated carbocycles. The van der Waals surface area contributed by atoms with Gasteiger partial charge in [0.1, 0.15) is 0 Å². The molecule has 2 aromatic rings. The van der Waals surface area contributed by atoms with Gasteiger partial charge >= 0.3 is 0 Å². The molecule has 172 valence electrons. The van der Waals surface area contributed by atoms with Crippen molar-refractivity contribution in [2.24, 2.45) is 0 Å². The summed E-state index contributed by atoms with van der Waals surface area (Å²) >= 11 is 0. The van der Waals surface area contributed by atoms with Gasteiger partial charge in [0.05, 0.1) is 18.5 Å². The van der Waals surface area contributed by atoms with Crippen molar-refractivity contribution in [2.45, 2.75) is 58.9 Å². The van der Waals surface area contributed by atoms with Crippen LogP contribution in [0, 0.1) is 6.92 Å². The van der Waals surface area contributed by atoms with E-state index in [9.17, 15) is 13.2 Å². The molecule has 0 unspecified atom stereocenters. The van der Waals surface area contributed by atoms with Crippen LogP contribution < -0.4 is 9.62 Å². The van der Waals surface area contributed by atoms with Crippen molar-refractivity contribution in [3.63, 3.8) is 0 Å². The summed E-state index contributed by atoms with van der Waals surface area (Å²) in [6.07, 6.45) is 8.03. The number of hydrogen-bond donors (Lipinski definition) is 1. The Balaban J connectivity index is 1.78. The molecule has 0 heterocycles. The van der Waals surface area contributed by atoms with Gasteiger partial charge in [0, 0.05) is 12.1 Å². The van der Waals surface area contributed by atoms with Crippen molar-refractivity contribution in [3.8, 4) is 0 Å². The van der Waals surface area contributed by atoms with Gasteiger partial charge in [0.2, 0.25) is 10.0 Å². The molecule has 0 fully saturated rings. The number of rotatable bonds is 8. The zero-order valence-corrected chi connectivity index (χ0v) is 20.3. The monoisotopic (exact) mass is 454 g/mol. The molecule has 1 N–H and O–H groups in total. The maximum atomic E-state index is 12.7. The topological polar surface area (TPSA) is 66.5 Å². The number of aryl methyl sites for hydroxylation is 1. The smallest absolute Gasteiger partial charge is 0.251 e. The predicted octanol–water partition coefficient (Wildman–Crippen LogP) is 5.31. The SMILES string of the molecule is Cc1cccc(C(C)C)c1N(Cc1ccc(C(=O)NCC2=CCCCC2)cc1)S(C)(=O)=O. The molecular weight excluding hydrogens is 420 g/mol. The van der Waals surface area contributed by atoms with Crippen molar-refractivity contribution in [1.82, 2.24) is 5.32 Å². The van der Waals surface area contributed by atoms with E-state index >= 15 is 0 Å². The first kappa shape index (κ1) is 24.1. The average molecular weight is 455 g/mol. The molecule has 32 heavy (non-hydrogen) atoms. The summed E-state index contributed by atoms with van der Waals surface area (Å²) in [6, 6.07) is 13.1. The summed E-state index contributed by atoms with van der Waals surface area (Å²) in [5, 5.41) is 2.99. The lowest BCUT2D eigenvalue weighted by atomic mass is 9.98. The van der Waals surface area contributed by atoms with E-state index in [4.69, 9.17) is 0 Å². The van der Waals surface area contributed by atoms with E-state index in [2.05, 4.69) is 25.2 Å². The van der Waals surface area contributed by atoms with Crippen LogP contribution in [0.25, 0.3) is 0 Å². The maximum absolute atomic E-state index is 12.7. The van der Waals surface area contributed by atoms with Crippen molar-refractivity contribution in [1.29, 1.82) is 0 Å². The molecule has 0 aromatic heterocycles. The molecule has 0 bridgehead atoms. The van der Waals surface area contributed by atoms with E-state index in [-0.39, 0.29) is 18.4 Å². The van der Waals surface area contributed by atoms with Crippen molar-refractivity contribution < 1.29 is 13.2 Å². The van der Waals surface area contributed by atoms with Crippen LogP contribution >= 0.6 is 0 Å². The van der Waals surface area contributed by atoms with Gasteiger partial charge in [-0.2, -0.15) is 0 Å². The molecule has 1 aliphatic rings. The number of amides is 1. The number of anilines is 1. The van der Waals surface area contributed by atoms with Gasteiger partial charge in [0.25, 0.3) is 5.91 Å². The van der Waals surface area contributed by atoms with E-state index in [1.807, 2.05) is 37.3 Å². The molecule has 2 aromatic carbocycles. The van der Waals surface area contributed by atoms with E-state index in [0.717, 1.165) is 35.2 Å². The van der Waals surface area contributed by atoms with Crippen LogP contribution in [0.15, 0.2) is 54.1 Å². The number of nitrogens with zero attached hydrogens (tertiary/aromatic N) is 1. The van der Waals surface area contributed by atoms with Crippen LogP contribution in [0.3, 0.4) is 0 Å². The number of carbonyl (C=O) groups excluding carboxylic acids is 1. The number of benzene rings is 2. The first-order chi connectivity index (χ1) is 15.2. The van der Waals surface area contributed by atoms with Crippen LogP contribution in [0.1, 0.15) is 72.5 Å². The Morgan fingerprint density at radius 2 is 1.81 bits per heavy atom. The standard InChI is InChI=1S/C26H34N2O3S/c1-19(2)24-12-8-9-20(3)25(24)28(32(4,30)31)18-22-13-15-23(16-14-22)26(29)27-17-21-10-6-5-7-11-21/h8-10,12-16,19H,5-7,11,17-18H2,1-4H3,(H,27,29). The first-order valence-electron chi connectivity index (χ1n) is 11.3. The normalized spacial score (nSPS) is 14.2. The summed E-state index contributed by atoms with van der Waals surface area (Å²) in [7, 11) is -3.49. The molecule has 0 atom stereocenters. The first-order valence-corrected chi connectivity index (χ1v) is 13.1. The number of hydrogen-bond acceptors (Lipinski definition) is 3. The molecule has 3 rings (SSSR count). The quantitative estimate of drug-likeness (QED) is 0.549. The number of nitrogens with one attached hydrogen (secondary N) is 1. The van der Waals surface area contributed by atoms with Gasteiger partial charge in [-0.1, -0.05) is 55.8 Å². The highest BCUT2D eigenvalue weighted by Crippen LogP contribution is 2.33.